The quantitative estimate of drug-likeness (QED) is 0.832. The maximum atomic E-state index is 6.17. The number of nitrogens with two attached hydrogens (primary N) is 1. The van der Waals surface area contributed by atoms with E-state index in [-0.39, 0.29) is 12.1 Å². The normalized spacial score (nSPS) is 20.2. The molecule has 3 heteroatoms. The van der Waals surface area contributed by atoms with Crippen LogP contribution in [0.4, 0.5) is 0 Å². The number of fused-ring (bicyclic) bond motifs is 1. The molecule has 0 spiro atoms. The van der Waals surface area contributed by atoms with Crippen molar-refractivity contribution in [2.75, 3.05) is 5.75 Å². The first kappa shape index (κ1) is 12.5. The summed E-state index contributed by atoms with van der Waals surface area (Å²) in [6.07, 6.45) is 2.05. The highest BCUT2D eigenvalue weighted by molar-refractivity contribution is 7.99. The van der Waals surface area contributed by atoms with E-state index >= 15 is 0 Å². The van der Waals surface area contributed by atoms with Gasteiger partial charge in [-0.15, -0.1) is 18.3 Å². The van der Waals surface area contributed by atoms with E-state index in [4.69, 9.17) is 10.5 Å². The number of allylic oxidation sites excluding steroid dienone is 1. The molecular weight excluding hydrogens is 230 g/mol. The van der Waals surface area contributed by atoms with Gasteiger partial charge in [0.25, 0.3) is 0 Å². The lowest BCUT2D eigenvalue weighted by atomic mass is 10.0. The number of benzene rings is 1. The van der Waals surface area contributed by atoms with Crippen molar-refractivity contribution in [2.45, 2.75) is 36.8 Å². The van der Waals surface area contributed by atoms with Gasteiger partial charge in [0.15, 0.2) is 0 Å². The largest absolute Gasteiger partial charge is 0.487 e. The standard InChI is InChI=1S/C14H19NOS/c1-10(2)7-8-11(15)13-9-17-14-6-4-3-5-12(14)16-13/h3-6,11,13H,1,7-9,15H2,2H3. The molecule has 0 fully saturated rings. The van der Waals surface area contributed by atoms with E-state index in [2.05, 4.69) is 12.6 Å². The molecule has 0 aromatic heterocycles. The summed E-state index contributed by atoms with van der Waals surface area (Å²) in [6.45, 7) is 5.95. The second-order valence-electron chi connectivity index (χ2n) is 4.57. The highest BCUT2D eigenvalue weighted by atomic mass is 32.2. The molecule has 0 saturated carbocycles. The van der Waals surface area contributed by atoms with Gasteiger partial charge in [-0.1, -0.05) is 17.7 Å². The van der Waals surface area contributed by atoms with Crippen molar-refractivity contribution in [2.24, 2.45) is 5.73 Å². The van der Waals surface area contributed by atoms with Crippen LogP contribution in [0.2, 0.25) is 0 Å². The number of para-hydroxylation sites is 1. The van der Waals surface area contributed by atoms with E-state index in [1.54, 1.807) is 0 Å². The Balaban J connectivity index is 1.95. The minimum atomic E-state index is 0.0903. The average molecular weight is 249 g/mol. The molecule has 0 radical (unpaired) electrons. The molecule has 92 valence electrons. The van der Waals surface area contributed by atoms with Gasteiger partial charge in [0, 0.05) is 16.7 Å². The smallest absolute Gasteiger partial charge is 0.133 e. The predicted octanol–water partition coefficient (Wildman–Crippen LogP) is 3.22. The number of hydrogen-bond acceptors (Lipinski definition) is 3. The van der Waals surface area contributed by atoms with Gasteiger partial charge in [-0.2, -0.15) is 0 Å². The fraction of sp³-hybridized carbons (Fsp3) is 0.429. The van der Waals surface area contributed by atoms with Gasteiger partial charge >= 0.3 is 0 Å². The molecule has 2 N–H and O–H groups in total. The molecule has 0 saturated heterocycles. The van der Waals surface area contributed by atoms with Crippen LogP contribution in [0.3, 0.4) is 0 Å². The molecule has 1 aromatic carbocycles. The molecule has 2 atom stereocenters. The van der Waals surface area contributed by atoms with E-state index in [0.717, 1.165) is 24.3 Å². The summed E-state index contributed by atoms with van der Waals surface area (Å²) < 4.78 is 5.95. The van der Waals surface area contributed by atoms with Crippen molar-refractivity contribution in [3.63, 3.8) is 0 Å². The van der Waals surface area contributed by atoms with E-state index < -0.39 is 0 Å². The Morgan fingerprint density at radius 1 is 1.59 bits per heavy atom. The number of thioether (sulfide) groups is 1. The maximum absolute atomic E-state index is 6.17. The van der Waals surface area contributed by atoms with Crippen molar-refractivity contribution in [3.05, 3.63) is 36.4 Å². The van der Waals surface area contributed by atoms with Crippen LogP contribution in [0.5, 0.6) is 5.75 Å². The van der Waals surface area contributed by atoms with Crippen molar-refractivity contribution in [1.82, 2.24) is 0 Å². The van der Waals surface area contributed by atoms with Crippen LogP contribution in [0.25, 0.3) is 0 Å². The maximum Gasteiger partial charge on any atom is 0.133 e. The van der Waals surface area contributed by atoms with Crippen LogP contribution >= 0.6 is 11.8 Å². The van der Waals surface area contributed by atoms with Crippen LogP contribution in [0.15, 0.2) is 41.3 Å². The van der Waals surface area contributed by atoms with Gasteiger partial charge < -0.3 is 10.5 Å². The van der Waals surface area contributed by atoms with E-state index in [9.17, 15) is 0 Å². The van der Waals surface area contributed by atoms with Crippen molar-refractivity contribution >= 4 is 11.8 Å². The Kier molecular flexibility index (Phi) is 4.13. The molecule has 1 heterocycles. The summed E-state index contributed by atoms with van der Waals surface area (Å²) in [4.78, 5) is 1.22. The molecular formula is C14H19NOS. The molecule has 0 bridgehead atoms. The third-order valence-corrected chi connectivity index (χ3v) is 4.06. The molecule has 1 aliphatic rings. The monoisotopic (exact) mass is 249 g/mol. The Labute approximate surface area is 107 Å². The Hall–Kier alpha value is -0.930. The zero-order chi connectivity index (χ0) is 12.3. The zero-order valence-corrected chi connectivity index (χ0v) is 11.0. The fourth-order valence-electron chi connectivity index (χ4n) is 1.85. The minimum absolute atomic E-state index is 0.0903. The topological polar surface area (TPSA) is 35.2 Å². The summed E-state index contributed by atoms with van der Waals surface area (Å²) in [6, 6.07) is 8.24. The highest BCUT2D eigenvalue weighted by Gasteiger charge is 2.25. The lowest BCUT2D eigenvalue weighted by molar-refractivity contribution is 0.180. The van der Waals surface area contributed by atoms with Crippen molar-refractivity contribution in [1.29, 1.82) is 0 Å². The molecule has 17 heavy (non-hydrogen) atoms. The summed E-state index contributed by atoms with van der Waals surface area (Å²) in [5, 5.41) is 0. The van der Waals surface area contributed by atoms with Crippen molar-refractivity contribution in [3.8, 4) is 5.75 Å². The zero-order valence-electron chi connectivity index (χ0n) is 10.2. The van der Waals surface area contributed by atoms with E-state index in [1.165, 1.54) is 10.5 Å². The first-order valence-electron chi connectivity index (χ1n) is 5.95. The van der Waals surface area contributed by atoms with Crippen molar-refractivity contribution < 1.29 is 4.74 Å². The first-order valence-corrected chi connectivity index (χ1v) is 6.94. The molecule has 2 unspecified atom stereocenters. The average Bonchev–Trinajstić information content (AvgIpc) is 2.35. The van der Waals surface area contributed by atoms with Crippen LogP contribution in [-0.2, 0) is 0 Å². The molecule has 2 nitrogen and oxygen atoms in total. The van der Waals surface area contributed by atoms with Gasteiger partial charge in [0.2, 0.25) is 0 Å². The van der Waals surface area contributed by atoms with Crippen LogP contribution in [-0.4, -0.2) is 17.9 Å². The number of ether oxygens (including phenoxy) is 1. The highest BCUT2D eigenvalue weighted by Crippen LogP contribution is 2.35. The Morgan fingerprint density at radius 3 is 3.12 bits per heavy atom. The SMILES string of the molecule is C=C(C)CCC(N)C1CSc2ccccc2O1. The lowest BCUT2D eigenvalue weighted by Crippen LogP contribution is -2.42. The van der Waals surface area contributed by atoms with Gasteiger partial charge in [0.1, 0.15) is 11.9 Å². The lowest BCUT2D eigenvalue weighted by Gasteiger charge is -2.29. The molecule has 0 aliphatic carbocycles. The summed E-state index contributed by atoms with van der Waals surface area (Å²) >= 11 is 1.83. The van der Waals surface area contributed by atoms with E-state index in [0.29, 0.717) is 0 Å². The Morgan fingerprint density at radius 2 is 2.35 bits per heavy atom. The number of rotatable bonds is 4. The fourth-order valence-corrected chi connectivity index (χ4v) is 2.94. The molecule has 1 aromatic rings. The second-order valence-corrected chi connectivity index (χ2v) is 5.64. The predicted molar refractivity (Wildman–Crippen MR) is 73.6 cm³/mol. The Bertz CT molecular complexity index is 405. The number of hydrogen-bond donors (Lipinski definition) is 1. The molecule has 2 rings (SSSR count). The minimum Gasteiger partial charge on any atom is -0.487 e. The van der Waals surface area contributed by atoms with Gasteiger partial charge in [-0.25, -0.2) is 0 Å². The van der Waals surface area contributed by atoms with Crippen LogP contribution < -0.4 is 10.5 Å². The first-order chi connectivity index (χ1) is 8.16. The summed E-state index contributed by atoms with van der Waals surface area (Å²) in [7, 11) is 0. The van der Waals surface area contributed by atoms with Gasteiger partial charge in [-0.3, -0.25) is 0 Å². The van der Waals surface area contributed by atoms with Gasteiger partial charge in [-0.05, 0) is 31.9 Å². The molecule has 0 amide bonds. The third-order valence-electron chi connectivity index (χ3n) is 2.91. The van der Waals surface area contributed by atoms with Gasteiger partial charge in [0.05, 0.1) is 0 Å². The second kappa shape index (κ2) is 5.61. The van der Waals surface area contributed by atoms with Crippen LogP contribution in [0, 0.1) is 0 Å². The summed E-state index contributed by atoms with van der Waals surface area (Å²) in [5.74, 6) is 1.91. The van der Waals surface area contributed by atoms with E-state index in [1.807, 2.05) is 36.9 Å². The third kappa shape index (κ3) is 3.27. The molecule has 1 aliphatic heterocycles. The van der Waals surface area contributed by atoms with Crippen LogP contribution in [0.1, 0.15) is 19.8 Å². The summed E-state index contributed by atoms with van der Waals surface area (Å²) in [5.41, 5.74) is 7.36.